The monoisotopic (exact) mass is 651 g/mol. The highest BCUT2D eigenvalue weighted by Gasteiger charge is 2.53. The Morgan fingerprint density at radius 2 is 1.84 bits per heavy atom. The van der Waals surface area contributed by atoms with Gasteiger partial charge in [-0.1, -0.05) is 17.7 Å². The molecule has 45 heavy (non-hydrogen) atoms. The molecule has 7 N–H and O–H groups in total. The van der Waals surface area contributed by atoms with Crippen molar-refractivity contribution in [3.63, 3.8) is 0 Å². The second kappa shape index (κ2) is 14.0. The number of aromatic hydroxyl groups is 1. The molecule has 13 nitrogen and oxygen atoms in total. The molecule has 0 aromatic heterocycles. The molecule has 0 bridgehead atoms. The van der Waals surface area contributed by atoms with Crippen LogP contribution in [-0.4, -0.2) is 106 Å². The average Bonchev–Trinajstić information content (AvgIpc) is 3.64. The first-order valence-corrected chi connectivity index (χ1v) is 14.6. The van der Waals surface area contributed by atoms with Crippen LogP contribution in [0.2, 0.25) is 5.02 Å². The van der Waals surface area contributed by atoms with Gasteiger partial charge in [-0.2, -0.15) is 5.10 Å². The number of phenolic OH excluding ortho intramolecular Hbond substituents is 1. The minimum absolute atomic E-state index is 0.0854. The van der Waals surface area contributed by atoms with Gasteiger partial charge in [0.1, 0.15) is 49.2 Å². The molecule has 2 saturated heterocycles. The first-order chi connectivity index (χ1) is 21.4. The van der Waals surface area contributed by atoms with Gasteiger partial charge in [0, 0.05) is 22.6 Å². The maximum atomic E-state index is 13.5. The maximum Gasteiger partial charge on any atom is 0.247 e. The fourth-order valence-electron chi connectivity index (χ4n) is 5.49. The molecule has 0 spiro atoms. The summed E-state index contributed by atoms with van der Waals surface area (Å²) in [5.41, 5.74) is 3.85. The third-order valence-electron chi connectivity index (χ3n) is 7.94. The molecule has 2 aliphatic heterocycles. The molecule has 2 heterocycles. The molecule has 1 amide bonds. The number of aliphatic hydroxyl groups excluding tert-OH is 4. The van der Waals surface area contributed by atoms with Crippen LogP contribution in [0.15, 0.2) is 47.1 Å². The molecular formula is C30H35ClFN3O10. The van der Waals surface area contributed by atoms with E-state index in [0.29, 0.717) is 16.1 Å². The summed E-state index contributed by atoms with van der Waals surface area (Å²) in [4.78, 5) is 12.9. The Kier molecular flexibility index (Phi) is 10.3. The van der Waals surface area contributed by atoms with Gasteiger partial charge in [-0.15, -0.1) is 0 Å². The predicted octanol–water partition coefficient (Wildman–Crippen LogP) is 0.777. The lowest BCUT2D eigenvalue weighted by molar-refractivity contribution is -0.155. The fourth-order valence-corrected chi connectivity index (χ4v) is 5.66. The van der Waals surface area contributed by atoms with Gasteiger partial charge >= 0.3 is 0 Å². The summed E-state index contributed by atoms with van der Waals surface area (Å²) in [5, 5.41) is 59.4. The van der Waals surface area contributed by atoms with E-state index in [4.69, 9.17) is 30.5 Å². The van der Waals surface area contributed by atoms with Gasteiger partial charge in [0.2, 0.25) is 12.2 Å². The number of amides is 1. The summed E-state index contributed by atoms with van der Waals surface area (Å²) >= 11 is 6.04. The van der Waals surface area contributed by atoms with Crippen LogP contribution in [0.3, 0.4) is 0 Å². The number of benzene rings is 2. The van der Waals surface area contributed by atoms with Crippen LogP contribution >= 0.6 is 11.6 Å². The molecule has 2 aromatic carbocycles. The number of aliphatic hydroxyl groups is 4. The number of hydrogen-bond acceptors (Lipinski definition) is 12. The van der Waals surface area contributed by atoms with E-state index in [1.165, 1.54) is 49.5 Å². The van der Waals surface area contributed by atoms with E-state index in [0.717, 1.165) is 0 Å². The lowest BCUT2D eigenvalue weighted by Crippen LogP contribution is -2.67. The first kappa shape index (κ1) is 33.0. The Morgan fingerprint density at radius 3 is 2.58 bits per heavy atom. The third kappa shape index (κ3) is 7.39. The van der Waals surface area contributed by atoms with Gasteiger partial charge in [-0.25, -0.2) is 4.39 Å². The van der Waals surface area contributed by atoms with Crippen LogP contribution in [0.4, 0.5) is 4.39 Å². The SMILES string of the molecule is C/C(=C\c1ccc(O[C@H]2C[C@H](O)[C@@H](C(C)NN=Cc3cc(F)ccc3Cl)O2)c(O)c1)C(=O)N[C@@H]1[C@H](O)[C@@H](O)[C@H]2OCO[C@H]2[C@@H]1O. The Labute approximate surface area is 262 Å². The molecule has 1 unspecified atom stereocenters. The largest absolute Gasteiger partial charge is 0.504 e. The number of halogens is 2. The summed E-state index contributed by atoms with van der Waals surface area (Å²) in [7, 11) is 0. The Balaban J connectivity index is 1.15. The van der Waals surface area contributed by atoms with E-state index < -0.39 is 72.8 Å². The molecule has 244 valence electrons. The van der Waals surface area contributed by atoms with E-state index in [1.807, 2.05) is 0 Å². The number of carbonyl (C=O) groups is 1. The fraction of sp³-hybridized carbons (Fsp3) is 0.467. The Morgan fingerprint density at radius 1 is 1.11 bits per heavy atom. The lowest BCUT2D eigenvalue weighted by Gasteiger charge is -2.41. The van der Waals surface area contributed by atoms with E-state index in [-0.39, 0.29) is 30.3 Å². The number of carbonyl (C=O) groups excluding carboxylic acids is 1. The quantitative estimate of drug-likeness (QED) is 0.115. The van der Waals surface area contributed by atoms with Crippen molar-refractivity contribution in [1.82, 2.24) is 10.7 Å². The lowest BCUT2D eigenvalue weighted by atomic mass is 9.83. The van der Waals surface area contributed by atoms with Crippen molar-refractivity contribution in [3.05, 3.63) is 63.9 Å². The highest BCUT2D eigenvalue weighted by Crippen LogP contribution is 2.33. The molecule has 3 aliphatic rings. The standard InChI is InChI=1S/C30H35ClFN3O10/c1-13(30(41)34-23-24(38)26(40)29-28(25(23)39)42-12-43-29)7-15-3-6-21(19(36)8-15)44-22-10-20(37)27(45-22)14(2)35-33-11-16-9-17(32)4-5-18(16)31/h3-9,11,14,20,22-29,35-40H,10,12H2,1-2H3,(H,34,41)/b13-7+,33-11?/t14?,20-,22+,23+,24-,25+,26+,27+,28-,29+/m0/s1. The Bertz CT molecular complexity index is 1450. The van der Waals surface area contributed by atoms with Gasteiger partial charge in [0.15, 0.2) is 11.5 Å². The van der Waals surface area contributed by atoms with E-state index in [2.05, 4.69) is 15.8 Å². The number of phenols is 1. The van der Waals surface area contributed by atoms with Crippen molar-refractivity contribution >= 4 is 29.8 Å². The number of nitrogens with one attached hydrogen (secondary N) is 2. The minimum Gasteiger partial charge on any atom is -0.504 e. The summed E-state index contributed by atoms with van der Waals surface area (Å²) in [6.45, 7) is 3.10. The van der Waals surface area contributed by atoms with Crippen molar-refractivity contribution < 1.29 is 53.7 Å². The molecular weight excluding hydrogens is 617 g/mol. The molecule has 1 aliphatic carbocycles. The Hall–Kier alpha value is -3.34. The van der Waals surface area contributed by atoms with Crippen molar-refractivity contribution in [1.29, 1.82) is 0 Å². The second-order valence-corrected chi connectivity index (χ2v) is 11.6. The minimum atomic E-state index is -1.48. The molecule has 15 heteroatoms. The molecule has 2 aromatic rings. The third-order valence-corrected chi connectivity index (χ3v) is 8.28. The topological polar surface area (TPSA) is 192 Å². The van der Waals surface area contributed by atoms with Crippen LogP contribution in [0.5, 0.6) is 11.5 Å². The number of nitrogens with zero attached hydrogens (tertiary/aromatic N) is 1. The van der Waals surface area contributed by atoms with Gasteiger partial charge in [0.05, 0.1) is 24.4 Å². The van der Waals surface area contributed by atoms with E-state index >= 15 is 0 Å². The number of fused-ring (bicyclic) bond motifs is 1. The number of hydrazone groups is 1. The molecule has 10 atom stereocenters. The normalized spacial score (nSPS) is 32.4. The van der Waals surface area contributed by atoms with Crippen molar-refractivity contribution in [3.8, 4) is 11.5 Å². The first-order valence-electron chi connectivity index (χ1n) is 14.3. The van der Waals surface area contributed by atoms with Crippen molar-refractivity contribution in [2.24, 2.45) is 5.10 Å². The van der Waals surface area contributed by atoms with Gasteiger partial charge < -0.3 is 55.2 Å². The summed E-state index contributed by atoms with van der Waals surface area (Å²) in [6.07, 6.45) is -5.50. The van der Waals surface area contributed by atoms with Gasteiger partial charge in [-0.3, -0.25) is 4.79 Å². The zero-order chi connectivity index (χ0) is 32.4. The highest BCUT2D eigenvalue weighted by atomic mass is 35.5. The average molecular weight is 652 g/mol. The van der Waals surface area contributed by atoms with Crippen LogP contribution in [0, 0.1) is 5.82 Å². The van der Waals surface area contributed by atoms with Crippen molar-refractivity contribution in [2.45, 2.75) is 81.4 Å². The van der Waals surface area contributed by atoms with Crippen LogP contribution in [0.1, 0.15) is 31.4 Å². The number of ether oxygens (including phenoxy) is 4. The predicted molar refractivity (Wildman–Crippen MR) is 158 cm³/mol. The second-order valence-electron chi connectivity index (χ2n) is 11.2. The molecule has 1 saturated carbocycles. The van der Waals surface area contributed by atoms with Crippen LogP contribution < -0.4 is 15.5 Å². The van der Waals surface area contributed by atoms with E-state index in [1.54, 1.807) is 13.0 Å². The summed E-state index contributed by atoms with van der Waals surface area (Å²) in [6, 6.07) is 6.67. The summed E-state index contributed by atoms with van der Waals surface area (Å²) in [5.74, 6) is -1.23. The zero-order valence-corrected chi connectivity index (χ0v) is 25.0. The van der Waals surface area contributed by atoms with Gasteiger partial charge in [-0.05, 0) is 55.8 Å². The molecule has 3 fully saturated rings. The number of hydrogen-bond donors (Lipinski definition) is 7. The van der Waals surface area contributed by atoms with Crippen molar-refractivity contribution in [2.75, 3.05) is 6.79 Å². The van der Waals surface area contributed by atoms with Crippen LogP contribution in [-0.2, 0) is 19.0 Å². The molecule has 0 radical (unpaired) electrons. The maximum absolute atomic E-state index is 13.5. The number of rotatable bonds is 9. The van der Waals surface area contributed by atoms with Gasteiger partial charge in [0.25, 0.3) is 0 Å². The zero-order valence-electron chi connectivity index (χ0n) is 24.3. The summed E-state index contributed by atoms with van der Waals surface area (Å²) < 4.78 is 35.6. The smallest absolute Gasteiger partial charge is 0.247 e. The highest BCUT2D eigenvalue weighted by molar-refractivity contribution is 6.33. The van der Waals surface area contributed by atoms with E-state index in [9.17, 15) is 34.7 Å². The molecule has 5 rings (SSSR count). The van der Waals surface area contributed by atoms with Crippen LogP contribution in [0.25, 0.3) is 6.08 Å².